The first-order chi connectivity index (χ1) is 13.7. The van der Waals surface area contributed by atoms with Gasteiger partial charge in [0.1, 0.15) is 5.75 Å². The zero-order valence-electron chi connectivity index (χ0n) is 16.1. The van der Waals surface area contributed by atoms with Crippen LogP contribution < -0.4 is 4.74 Å². The molecule has 0 amide bonds. The van der Waals surface area contributed by atoms with Gasteiger partial charge < -0.3 is 9.47 Å². The van der Waals surface area contributed by atoms with E-state index in [1.807, 2.05) is 13.8 Å². The van der Waals surface area contributed by atoms with Crippen LogP contribution in [0.15, 0.2) is 51.4 Å². The molecule has 2 aromatic rings. The van der Waals surface area contributed by atoms with Crippen LogP contribution in [0.1, 0.15) is 35.7 Å². The smallest absolute Gasteiger partial charge is 0.326 e. The van der Waals surface area contributed by atoms with E-state index in [-0.39, 0.29) is 11.7 Å². The Kier molecular flexibility index (Phi) is 6.58. The molecule has 1 aliphatic rings. The number of hydrogen-bond acceptors (Lipinski definition) is 5. The standard InChI is InChI=1S/C22H20Br2O5/c1-11(2)17(20(25)12-4-6-13(23)7-5-12)18-15-10-14(24)8-9-16(15)29-22(27)19(18)21(26)28-3/h4-11,17-19H,1-3H3/t17-,18+,19-/m1/s1. The molecule has 0 saturated carbocycles. The van der Waals surface area contributed by atoms with Crippen molar-refractivity contribution in [3.05, 3.63) is 62.5 Å². The van der Waals surface area contributed by atoms with Crippen LogP contribution in [0.25, 0.3) is 0 Å². The first kappa shape index (κ1) is 21.7. The molecule has 0 spiro atoms. The zero-order valence-corrected chi connectivity index (χ0v) is 19.3. The number of fused-ring (bicyclic) bond motifs is 1. The molecule has 0 saturated heterocycles. The predicted octanol–water partition coefficient (Wildman–Crippen LogP) is 5.16. The lowest BCUT2D eigenvalue weighted by Crippen LogP contribution is -2.44. The van der Waals surface area contributed by atoms with E-state index in [0.29, 0.717) is 16.9 Å². The number of esters is 2. The lowest BCUT2D eigenvalue weighted by molar-refractivity contribution is -0.158. The van der Waals surface area contributed by atoms with Gasteiger partial charge in [0.2, 0.25) is 0 Å². The van der Waals surface area contributed by atoms with Gasteiger partial charge in [-0.2, -0.15) is 0 Å². The fourth-order valence-electron chi connectivity index (χ4n) is 3.83. The molecular formula is C22H20Br2O5. The first-order valence-electron chi connectivity index (χ1n) is 9.13. The highest BCUT2D eigenvalue weighted by Gasteiger charge is 2.49. The Balaban J connectivity index is 2.18. The molecule has 0 fully saturated rings. The average Bonchev–Trinajstić information content (AvgIpc) is 2.68. The van der Waals surface area contributed by atoms with Crippen molar-refractivity contribution in [2.75, 3.05) is 7.11 Å². The maximum atomic E-state index is 13.5. The summed E-state index contributed by atoms with van der Waals surface area (Å²) in [6.45, 7) is 3.82. The number of hydrogen-bond donors (Lipinski definition) is 0. The Labute approximate surface area is 186 Å². The summed E-state index contributed by atoms with van der Waals surface area (Å²) in [5.41, 5.74) is 1.16. The maximum absolute atomic E-state index is 13.5. The summed E-state index contributed by atoms with van der Waals surface area (Å²) in [4.78, 5) is 38.8. The number of benzene rings is 2. The SMILES string of the molecule is COC(=O)[C@@H]1C(=O)Oc2ccc(Br)cc2[C@H]1[C@H](C(=O)c1ccc(Br)cc1)C(C)C. The van der Waals surface area contributed by atoms with Crippen LogP contribution in [0.3, 0.4) is 0 Å². The quantitative estimate of drug-likeness (QED) is 0.234. The van der Waals surface area contributed by atoms with Crippen molar-refractivity contribution >= 4 is 49.6 Å². The number of methoxy groups -OCH3 is 1. The molecule has 3 rings (SSSR count). The van der Waals surface area contributed by atoms with Crippen molar-refractivity contribution < 1.29 is 23.9 Å². The third-order valence-corrected chi connectivity index (χ3v) is 6.17. The van der Waals surface area contributed by atoms with Gasteiger partial charge in [0.05, 0.1) is 7.11 Å². The predicted molar refractivity (Wildman–Crippen MR) is 115 cm³/mol. The molecule has 0 N–H and O–H groups in total. The van der Waals surface area contributed by atoms with Crippen molar-refractivity contribution in [3.63, 3.8) is 0 Å². The van der Waals surface area contributed by atoms with Gasteiger partial charge in [-0.1, -0.05) is 57.8 Å². The highest BCUT2D eigenvalue weighted by molar-refractivity contribution is 9.10. The number of Topliss-reactive ketones (excluding diaryl/α,β-unsaturated/α-hetero) is 1. The molecule has 0 radical (unpaired) electrons. The van der Waals surface area contributed by atoms with Gasteiger partial charge >= 0.3 is 11.9 Å². The van der Waals surface area contributed by atoms with Crippen LogP contribution in [0.4, 0.5) is 0 Å². The van der Waals surface area contributed by atoms with Crippen LogP contribution in [0, 0.1) is 17.8 Å². The molecule has 3 atom stereocenters. The van der Waals surface area contributed by atoms with Crippen LogP contribution in [-0.4, -0.2) is 24.8 Å². The van der Waals surface area contributed by atoms with Gasteiger partial charge in [-0.15, -0.1) is 0 Å². The van der Waals surface area contributed by atoms with E-state index in [1.165, 1.54) is 7.11 Å². The van der Waals surface area contributed by atoms with Gasteiger partial charge in [-0.25, -0.2) is 0 Å². The fraction of sp³-hybridized carbons (Fsp3) is 0.318. The lowest BCUT2D eigenvalue weighted by atomic mass is 9.68. The molecule has 0 aliphatic carbocycles. The third-order valence-electron chi connectivity index (χ3n) is 5.15. The summed E-state index contributed by atoms with van der Waals surface area (Å²) >= 11 is 6.81. The average molecular weight is 524 g/mol. The van der Waals surface area contributed by atoms with Gasteiger partial charge in [0.15, 0.2) is 11.7 Å². The number of carbonyl (C=O) groups excluding carboxylic acids is 3. The molecule has 0 unspecified atom stereocenters. The summed E-state index contributed by atoms with van der Waals surface area (Å²) in [6.07, 6.45) is 0. The van der Waals surface area contributed by atoms with Crippen molar-refractivity contribution in [1.29, 1.82) is 0 Å². The van der Waals surface area contributed by atoms with Crippen LogP contribution in [-0.2, 0) is 14.3 Å². The van der Waals surface area contributed by atoms with Gasteiger partial charge in [-0.3, -0.25) is 14.4 Å². The second-order valence-corrected chi connectivity index (χ2v) is 9.10. The molecule has 5 nitrogen and oxygen atoms in total. The Morgan fingerprint density at radius 2 is 1.66 bits per heavy atom. The Bertz CT molecular complexity index is 952. The molecule has 0 bridgehead atoms. The zero-order chi connectivity index (χ0) is 21.3. The van der Waals surface area contributed by atoms with Crippen molar-refractivity contribution in [2.45, 2.75) is 19.8 Å². The summed E-state index contributed by atoms with van der Waals surface area (Å²) in [6, 6.07) is 12.3. The number of halogens is 2. The number of rotatable bonds is 5. The van der Waals surface area contributed by atoms with Gasteiger partial charge in [0.25, 0.3) is 0 Å². The molecule has 152 valence electrons. The van der Waals surface area contributed by atoms with Crippen LogP contribution in [0.5, 0.6) is 5.75 Å². The van der Waals surface area contributed by atoms with E-state index >= 15 is 0 Å². The van der Waals surface area contributed by atoms with E-state index in [4.69, 9.17) is 9.47 Å². The topological polar surface area (TPSA) is 69.7 Å². The highest BCUT2D eigenvalue weighted by Crippen LogP contribution is 2.47. The molecular weight excluding hydrogens is 504 g/mol. The number of ether oxygens (including phenoxy) is 2. The van der Waals surface area contributed by atoms with Crippen LogP contribution >= 0.6 is 31.9 Å². The molecule has 1 heterocycles. The molecule has 0 aromatic heterocycles. The minimum Gasteiger partial charge on any atom is -0.468 e. The number of carbonyl (C=O) groups is 3. The molecule has 1 aliphatic heterocycles. The van der Waals surface area contributed by atoms with Crippen molar-refractivity contribution in [3.8, 4) is 5.75 Å². The van der Waals surface area contributed by atoms with E-state index in [1.54, 1.807) is 42.5 Å². The summed E-state index contributed by atoms with van der Waals surface area (Å²) in [5.74, 6) is -3.86. The van der Waals surface area contributed by atoms with Crippen LogP contribution in [0.2, 0.25) is 0 Å². The highest BCUT2D eigenvalue weighted by atomic mass is 79.9. The lowest BCUT2D eigenvalue weighted by Gasteiger charge is -2.37. The Morgan fingerprint density at radius 3 is 2.24 bits per heavy atom. The Hall–Kier alpha value is -1.99. The first-order valence-corrected chi connectivity index (χ1v) is 10.7. The Morgan fingerprint density at radius 1 is 1.03 bits per heavy atom. The monoisotopic (exact) mass is 522 g/mol. The van der Waals surface area contributed by atoms with Crippen molar-refractivity contribution in [2.24, 2.45) is 17.8 Å². The molecule has 7 heteroatoms. The maximum Gasteiger partial charge on any atom is 0.326 e. The summed E-state index contributed by atoms with van der Waals surface area (Å²) < 4.78 is 11.9. The van der Waals surface area contributed by atoms with Gasteiger partial charge in [-0.05, 0) is 36.2 Å². The van der Waals surface area contributed by atoms with E-state index < -0.39 is 29.7 Å². The largest absolute Gasteiger partial charge is 0.468 e. The van der Waals surface area contributed by atoms with Crippen molar-refractivity contribution in [1.82, 2.24) is 0 Å². The van der Waals surface area contributed by atoms with E-state index in [2.05, 4.69) is 31.9 Å². The second kappa shape index (κ2) is 8.79. The molecule has 29 heavy (non-hydrogen) atoms. The van der Waals surface area contributed by atoms with Gasteiger partial charge in [0, 0.05) is 31.9 Å². The van der Waals surface area contributed by atoms with E-state index in [0.717, 1.165) is 8.95 Å². The normalized spacial score (nSPS) is 19.3. The second-order valence-electron chi connectivity index (χ2n) is 7.27. The summed E-state index contributed by atoms with van der Waals surface area (Å²) in [5, 5.41) is 0. The minimum atomic E-state index is -1.21. The number of ketones is 1. The summed E-state index contributed by atoms with van der Waals surface area (Å²) in [7, 11) is 1.23. The minimum absolute atomic E-state index is 0.132. The fourth-order valence-corrected chi connectivity index (χ4v) is 4.47. The molecule has 2 aromatic carbocycles. The van der Waals surface area contributed by atoms with E-state index in [9.17, 15) is 14.4 Å². The third kappa shape index (κ3) is 4.31.